The summed E-state index contributed by atoms with van der Waals surface area (Å²) in [5.74, 6) is 1.67. The molecule has 0 saturated carbocycles. The van der Waals surface area contributed by atoms with Gasteiger partial charge in [-0.2, -0.15) is 0 Å². The Morgan fingerprint density at radius 1 is 1.10 bits per heavy atom. The maximum absolute atomic E-state index is 5.68. The molecule has 0 radical (unpaired) electrons. The van der Waals surface area contributed by atoms with Crippen LogP contribution in [-0.4, -0.2) is 25.2 Å². The first-order chi connectivity index (χ1) is 9.79. The van der Waals surface area contributed by atoms with Crippen LogP contribution in [0.4, 0.5) is 0 Å². The normalized spacial score (nSPS) is 10.3. The van der Waals surface area contributed by atoms with Gasteiger partial charge in [-0.25, -0.2) is 0 Å². The van der Waals surface area contributed by atoms with Gasteiger partial charge in [-0.15, -0.1) is 0 Å². The van der Waals surface area contributed by atoms with Gasteiger partial charge in [0.2, 0.25) is 0 Å². The second-order valence-corrected chi connectivity index (χ2v) is 4.46. The van der Waals surface area contributed by atoms with Crippen molar-refractivity contribution in [3.63, 3.8) is 0 Å². The zero-order valence-corrected chi connectivity index (χ0v) is 11.9. The van der Waals surface area contributed by atoms with Gasteiger partial charge in [0, 0.05) is 12.7 Å². The average molecular weight is 272 g/mol. The van der Waals surface area contributed by atoms with E-state index in [2.05, 4.69) is 16.4 Å². The number of ether oxygens (including phenoxy) is 2. The van der Waals surface area contributed by atoms with Gasteiger partial charge in [0.15, 0.2) is 0 Å². The Kier molecular flexibility index (Phi) is 5.38. The molecule has 0 aliphatic heterocycles. The van der Waals surface area contributed by atoms with Gasteiger partial charge in [-0.1, -0.05) is 12.1 Å². The molecule has 0 spiro atoms. The molecule has 106 valence electrons. The molecule has 0 unspecified atom stereocenters. The molecule has 0 saturated heterocycles. The molecule has 0 bridgehead atoms. The van der Waals surface area contributed by atoms with Crippen LogP contribution in [-0.2, 0) is 6.54 Å². The first-order valence-electron chi connectivity index (χ1n) is 6.70. The van der Waals surface area contributed by atoms with E-state index in [0.29, 0.717) is 13.2 Å². The zero-order chi connectivity index (χ0) is 14.2. The average Bonchev–Trinajstić information content (AvgIpc) is 2.46. The molecule has 20 heavy (non-hydrogen) atoms. The zero-order valence-electron chi connectivity index (χ0n) is 11.9. The van der Waals surface area contributed by atoms with Crippen LogP contribution in [0.3, 0.4) is 0 Å². The lowest BCUT2D eigenvalue weighted by Gasteiger charge is -2.10. The topological polar surface area (TPSA) is 43.4 Å². The predicted molar refractivity (Wildman–Crippen MR) is 79.2 cm³/mol. The Bertz CT molecular complexity index is 544. The Hall–Kier alpha value is -2.07. The van der Waals surface area contributed by atoms with Crippen molar-refractivity contribution in [1.29, 1.82) is 0 Å². The molecule has 0 amide bonds. The molecule has 4 nitrogen and oxygen atoms in total. The third-order valence-electron chi connectivity index (χ3n) is 2.85. The number of nitrogens with zero attached hydrogens (tertiary/aromatic N) is 1. The van der Waals surface area contributed by atoms with Crippen LogP contribution in [0.5, 0.6) is 11.5 Å². The van der Waals surface area contributed by atoms with Crippen LogP contribution in [0.15, 0.2) is 42.6 Å². The smallest absolute Gasteiger partial charge is 0.140 e. The molecular weight excluding hydrogens is 252 g/mol. The molecule has 1 aromatic heterocycles. The van der Waals surface area contributed by atoms with E-state index in [1.807, 2.05) is 44.3 Å². The van der Waals surface area contributed by atoms with E-state index in [1.165, 1.54) is 5.56 Å². The summed E-state index contributed by atoms with van der Waals surface area (Å²) in [6, 6.07) is 11.8. The Morgan fingerprint density at radius 2 is 1.95 bits per heavy atom. The molecule has 0 fully saturated rings. The lowest BCUT2D eigenvalue weighted by molar-refractivity contribution is 0.215. The number of rotatable bonds is 7. The maximum atomic E-state index is 5.68. The Balaban J connectivity index is 1.78. The van der Waals surface area contributed by atoms with E-state index >= 15 is 0 Å². The van der Waals surface area contributed by atoms with Crippen LogP contribution >= 0.6 is 0 Å². The van der Waals surface area contributed by atoms with Crippen LogP contribution in [0.2, 0.25) is 0 Å². The Labute approximate surface area is 119 Å². The molecule has 0 aliphatic carbocycles. The lowest BCUT2D eigenvalue weighted by Crippen LogP contribution is -2.10. The highest BCUT2D eigenvalue weighted by Crippen LogP contribution is 2.15. The van der Waals surface area contributed by atoms with Crippen LogP contribution in [0.1, 0.15) is 11.3 Å². The van der Waals surface area contributed by atoms with E-state index in [1.54, 1.807) is 6.20 Å². The minimum Gasteiger partial charge on any atom is -0.490 e. The van der Waals surface area contributed by atoms with Crippen molar-refractivity contribution in [3.8, 4) is 11.5 Å². The summed E-state index contributed by atoms with van der Waals surface area (Å²) in [7, 11) is 1.93. The molecule has 1 aromatic carbocycles. The van der Waals surface area contributed by atoms with Gasteiger partial charge < -0.3 is 14.8 Å². The molecule has 1 heterocycles. The predicted octanol–water partition coefficient (Wildman–Crippen LogP) is 2.57. The van der Waals surface area contributed by atoms with Gasteiger partial charge in [0.1, 0.15) is 24.7 Å². The number of aryl methyl sites for hydroxylation is 1. The van der Waals surface area contributed by atoms with Crippen molar-refractivity contribution in [1.82, 2.24) is 10.3 Å². The molecule has 2 rings (SSSR count). The van der Waals surface area contributed by atoms with Gasteiger partial charge in [0.25, 0.3) is 0 Å². The molecule has 1 N–H and O–H groups in total. The number of hydrogen-bond donors (Lipinski definition) is 1. The molecule has 4 heteroatoms. The SMILES string of the molecule is CNCc1cccc(OCCOc2cccnc2C)c1. The second kappa shape index (κ2) is 7.50. The highest BCUT2D eigenvalue weighted by Gasteiger charge is 2.00. The first kappa shape index (κ1) is 14.3. The molecule has 0 atom stereocenters. The lowest BCUT2D eigenvalue weighted by atomic mass is 10.2. The summed E-state index contributed by atoms with van der Waals surface area (Å²) in [5, 5.41) is 3.12. The van der Waals surface area contributed by atoms with Crippen LogP contribution in [0.25, 0.3) is 0 Å². The fourth-order valence-electron chi connectivity index (χ4n) is 1.88. The van der Waals surface area contributed by atoms with E-state index in [0.717, 1.165) is 23.7 Å². The number of hydrogen-bond acceptors (Lipinski definition) is 4. The monoisotopic (exact) mass is 272 g/mol. The van der Waals surface area contributed by atoms with E-state index in [9.17, 15) is 0 Å². The van der Waals surface area contributed by atoms with E-state index < -0.39 is 0 Å². The fourth-order valence-corrected chi connectivity index (χ4v) is 1.88. The van der Waals surface area contributed by atoms with Crippen molar-refractivity contribution in [2.24, 2.45) is 0 Å². The molecule has 0 aliphatic rings. The Morgan fingerprint density at radius 3 is 2.75 bits per heavy atom. The highest BCUT2D eigenvalue weighted by atomic mass is 16.5. The van der Waals surface area contributed by atoms with Gasteiger partial charge in [-0.3, -0.25) is 4.98 Å². The highest BCUT2D eigenvalue weighted by molar-refractivity contribution is 5.28. The molecular formula is C16H20N2O2. The minimum absolute atomic E-state index is 0.503. The third kappa shape index (κ3) is 4.24. The summed E-state index contributed by atoms with van der Waals surface area (Å²) in [6.07, 6.45) is 1.76. The number of aromatic nitrogens is 1. The summed E-state index contributed by atoms with van der Waals surface area (Å²) in [4.78, 5) is 4.18. The summed E-state index contributed by atoms with van der Waals surface area (Å²) in [6.45, 7) is 3.78. The summed E-state index contributed by atoms with van der Waals surface area (Å²) in [5.41, 5.74) is 2.09. The van der Waals surface area contributed by atoms with Gasteiger partial charge in [-0.05, 0) is 43.8 Å². The summed E-state index contributed by atoms with van der Waals surface area (Å²) >= 11 is 0. The fraction of sp³-hybridized carbons (Fsp3) is 0.312. The third-order valence-corrected chi connectivity index (χ3v) is 2.85. The molecule has 2 aromatic rings. The van der Waals surface area contributed by atoms with E-state index in [-0.39, 0.29) is 0 Å². The van der Waals surface area contributed by atoms with Gasteiger partial charge in [0.05, 0.1) is 5.69 Å². The summed E-state index contributed by atoms with van der Waals surface area (Å²) < 4.78 is 11.3. The van der Waals surface area contributed by atoms with Crippen molar-refractivity contribution in [2.45, 2.75) is 13.5 Å². The first-order valence-corrected chi connectivity index (χ1v) is 6.70. The number of nitrogens with one attached hydrogen (secondary N) is 1. The van der Waals surface area contributed by atoms with Crippen molar-refractivity contribution >= 4 is 0 Å². The van der Waals surface area contributed by atoms with Crippen molar-refractivity contribution < 1.29 is 9.47 Å². The number of benzene rings is 1. The standard InChI is InChI=1S/C16H20N2O2/c1-13-16(7-4-8-18-13)20-10-9-19-15-6-3-5-14(11-15)12-17-2/h3-8,11,17H,9-10,12H2,1-2H3. The van der Waals surface area contributed by atoms with Gasteiger partial charge >= 0.3 is 0 Å². The minimum atomic E-state index is 0.503. The van der Waals surface area contributed by atoms with E-state index in [4.69, 9.17) is 9.47 Å². The van der Waals surface area contributed by atoms with Crippen LogP contribution < -0.4 is 14.8 Å². The quantitative estimate of drug-likeness (QED) is 0.787. The largest absolute Gasteiger partial charge is 0.490 e. The van der Waals surface area contributed by atoms with Crippen LogP contribution in [0, 0.1) is 6.92 Å². The second-order valence-electron chi connectivity index (χ2n) is 4.46. The maximum Gasteiger partial charge on any atom is 0.140 e. The number of pyridine rings is 1. The van der Waals surface area contributed by atoms with Crippen molar-refractivity contribution in [2.75, 3.05) is 20.3 Å². The van der Waals surface area contributed by atoms with Crippen molar-refractivity contribution in [3.05, 3.63) is 53.9 Å².